The van der Waals surface area contributed by atoms with Crippen molar-refractivity contribution in [2.75, 3.05) is 0 Å². The largest absolute Gasteiger partial charge is 0.278 e. The summed E-state index contributed by atoms with van der Waals surface area (Å²) in [6.45, 7) is 0. The van der Waals surface area contributed by atoms with Crippen LogP contribution < -0.4 is 0 Å². The monoisotopic (exact) mass is 868 g/mol. The molecule has 0 spiro atoms. The standard InChI is InChI=1S/C62H40N6/c1-3-13-41(14-4-1)45-17-11-19-47(37-45)43-25-31-51(32-26-43)65-57-35-29-49(39-59(57)67-55-23-9-7-21-53(55)63-61(65)67)50-30-36-58-60(40-50)68-56-24-10-8-22-54(56)64-62(68)66(58)52-33-27-44(28-34-52)48-20-12-18-46(38-48)42-15-5-2-6-16-42/h1-40H. The zero-order valence-electron chi connectivity index (χ0n) is 36.8. The predicted molar refractivity (Wildman–Crippen MR) is 280 cm³/mol. The minimum Gasteiger partial charge on any atom is -0.278 e. The maximum Gasteiger partial charge on any atom is 0.220 e. The molecule has 0 N–H and O–H groups in total. The molecule has 0 aliphatic carbocycles. The Morgan fingerprint density at radius 1 is 0.221 bits per heavy atom. The van der Waals surface area contributed by atoms with Crippen molar-refractivity contribution in [3.05, 3.63) is 243 Å². The van der Waals surface area contributed by atoms with E-state index in [0.29, 0.717) is 0 Å². The van der Waals surface area contributed by atoms with Gasteiger partial charge in [-0.2, -0.15) is 0 Å². The van der Waals surface area contributed by atoms with Gasteiger partial charge in [-0.15, -0.1) is 0 Å². The lowest BCUT2D eigenvalue weighted by atomic mass is 9.99. The normalized spacial score (nSPS) is 11.8. The third-order valence-electron chi connectivity index (χ3n) is 13.6. The highest BCUT2D eigenvalue weighted by molar-refractivity contribution is 5.97. The van der Waals surface area contributed by atoms with Crippen molar-refractivity contribution in [2.45, 2.75) is 0 Å². The highest BCUT2D eigenvalue weighted by Gasteiger charge is 2.21. The van der Waals surface area contributed by atoms with E-state index in [9.17, 15) is 0 Å². The minimum atomic E-state index is 0.881. The van der Waals surface area contributed by atoms with E-state index in [1.807, 2.05) is 0 Å². The van der Waals surface area contributed by atoms with Crippen LogP contribution in [0.15, 0.2) is 243 Å². The molecule has 0 aliphatic rings. The van der Waals surface area contributed by atoms with Gasteiger partial charge in [0.2, 0.25) is 11.6 Å². The number of aromatic nitrogens is 6. The molecule has 14 rings (SSSR count). The smallest absolute Gasteiger partial charge is 0.220 e. The zero-order valence-corrected chi connectivity index (χ0v) is 36.8. The van der Waals surface area contributed by atoms with Crippen molar-refractivity contribution in [3.8, 4) is 67.0 Å². The van der Waals surface area contributed by atoms with E-state index in [0.717, 1.165) is 78.2 Å². The van der Waals surface area contributed by atoms with Crippen LogP contribution in [0.5, 0.6) is 0 Å². The summed E-state index contributed by atoms with van der Waals surface area (Å²) in [5.41, 5.74) is 22.3. The number of hydrogen-bond donors (Lipinski definition) is 0. The zero-order chi connectivity index (χ0) is 44.7. The van der Waals surface area contributed by atoms with E-state index in [4.69, 9.17) is 9.97 Å². The first kappa shape index (κ1) is 38.1. The number of imidazole rings is 4. The number of nitrogens with zero attached hydrogens (tertiary/aromatic N) is 6. The second-order valence-corrected chi connectivity index (χ2v) is 17.5. The number of benzene rings is 10. The molecular weight excluding hydrogens is 829 g/mol. The van der Waals surface area contributed by atoms with Crippen LogP contribution >= 0.6 is 0 Å². The molecule has 0 unspecified atom stereocenters. The molecule has 318 valence electrons. The highest BCUT2D eigenvalue weighted by Crippen LogP contribution is 2.37. The molecule has 4 aromatic heterocycles. The predicted octanol–water partition coefficient (Wildman–Crippen LogP) is 15.5. The van der Waals surface area contributed by atoms with Crippen LogP contribution in [0.4, 0.5) is 0 Å². The lowest BCUT2D eigenvalue weighted by Gasteiger charge is -2.10. The quantitative estimate of drug-likeness (QED) is 0.160. The van der Waals surface area contributed by atoms with E-state index in [-0.39, 0.29) is 0 Å². The summed E-state index contributed by atoms with van der Waals surface area (Å²) in [6, 6.07) is 86.9. The molecule has 6 heteroatoms. The molecule has 0 amide bonds. The molecule has 0 bridgehead atoms. The summed E-state index contributed by atoms with van der Waals surface area (Å²) >= 11 is 0. The molecular formula is C62H40N6. The lowest BCUT2D eigenvalue weighted by Crippen LogP contribution is -1.95. The fourth-order valence-electron chi connectivity index (χ4n) is 10.3. The van der Waals surface area contributed by atoms with Crippen molar-refractivity contribution in [1.29, 1.82) is 0 Å². The van der Waals surface area contributed by atoms with Gasteiger partial charge >= 0.3 is 0 Å². The molecule has 0 aliphatic heterocycles. The Kier molecular flexibility index (Phi) is 8.48. The maximum atomic E-state index is 5.24. The van der Waals surface area contributed by atoms with E-state index in [2.05, 4.69) is 261 Å². The second-order valence-electron chi connectivity index (χ2n) is 17.5. The Morgan fingerprint density at radius 2 is 0.544 bits per heavy atom. The first-order valence-corrected chi connectivity index (χ1v) is 23.1. The van der Waals surface area contributed by atoms with Gasteiger partial charge in [0.05, 0.1) is 44.1 Å². The first-order valence-electron chi connectivity index (χ1n) is 23.1. The Bertz CT molecular complexity index is 3950. The molecule has 4 heterocycles. The average molecular weight is 869 g/mol. The Labute approximate surface area is 391 Å². The van der Waals surface area contributed by atoms with Crippen LogP contribution in [0.1, 0.15) is 0 Å². The fourth-order valence-corrected chi connectivity index (χ4v) is 10.3. The molecule has 0 saturated carbocycles. The average Bonchev–Trinajstić information content (AvgIpc) is 4.16. The van der Waals surface area contributed by atoms with Crippen LogP contribution in [-0.2, 0) is 0 Å². The third kappa shape index (κ3) is 6.05. The summed E-state index contributed by atoms with van der Waals surface area (Å²) in [7, 11) is 0. The fraction of sp³-hybridized carbons (Fsp3) is 0. The van der Waals surface area contributed by atoms with E-state index in [1.54, 1.807) is 0 Å². The van der Waals surface area contributed by atoms with Gasteiger partial charge in [0, 0.05) is 11.4 Å². The van der Waals surface area contributed by atoms with Gasteiger partial charge in [-0.05, 0) is 141 Å². The first-order chi connectivity index (χ1) is 33.7. The molecule has 0 radical (unpaired) electrons. The van der Waals surface area contributed by atoms with Crippen LogP contribution in [0.25, 0.3) is 123 Å². The topological polar surface area (TPSA) is 44.5 Å². The second kappa shape index (κ2) is 15.2. The van der Waals surface area contributed by atoms with E-state index in [1.165, 1.54) is 44.5 Å². The summed E-state index contributed by atoms with van der Waals surface area (Å²) in [4.78, 5) is 10.5. The maximum absolute atomic E-state index is 5.24. The van der Waals surface area contributed by atoms with E-state index >= 15 is 0 Å². The molecule has 0 saturated heterocycles. The summed E-state index contributed by atoms with van der Waals surface area (Å²) in [5.74, 6) is 1.76. The van der Waals surface area contributed by atoms with Gasteiger partial charge < -0.3 is 0 Å². The van der Waals surface area contributed by atoms with Crippen molar-refractivity contribution >= 4 is 55.7 Å². The van der Waals surface area contributed by atoms with Gasteiger partial charge in [-0.3, -0.25) is 17.9 Å². The minimum absolute atomic E-state index is 0.881. The van der Waals surface area contributed by atoms with Crippen LogP contribution in [0.2, 0.25) is 0 Å². The molecule has 0 atom stereocenters. The van der Waals surface area contributed by atoms with Crippen LogP contribution in [-0.4, -0.2) is 27.9 Å². The molecule has 6 nitrogen and oxygen atoms in total. The third-order valence-corrected chi connectivity index (χ3v) is 13.6. The Balaban J connectivity index is 0.877. The molecule has 68 heavy (non-hydrogen) atoms. The highest BCUT2D eigenvalue weighted by atomic mass is 15.2. The van der Waals surface area contributed by atoms with Crippen molar-refractivity contribution in [2.24, 2.45) is 0 Å². The van der Waals surface area contributed by atoms with Gasteiger partial charge in [0.25, 0.3) is 0 Å². The van der Waals surface area contributed by atoms with Crippen LogP contribution in [0, 0.1) is 0 Å². The lowest BCUT2D eigenvalue weighted by molar-refractivity contribution is 1.11. The molecule has 0 fully saturated rings. The number of para-hydroxylation sites is 4. The summed E-state index contributed by atoms with van der Waals surface area (Å²) < 4.78 is 9.20. The molecule has 14 aromatic rings. The van der Waals surface area contributed by atoms with Gasteiger partial charge in [-0.1, -0.05) is 158 Å². The number of fused-ring (bicyclic) bond motifs is 10. The van der Waals surface area contributed by atoms with Crippen molar-refractivity contribution in [3.63, 3.8) is 0 Å². The number of hydrogen-bond acceptors (Lipinski definition) is 2. The van der Waals surface area contributed by atoms with Crippen LogP contribution in [0.3, 0.4) is 0 Å². The SMILES string of the molecule is c1ccc(-c2cccc(-c3ccc(-n4c5ccc(-c6ccc7c(c6)n6c8ccccc8nc6n7-c6ccc(-c7cccc(-c8ccccc8)c7)cc6)cc5n5c6ccccc6nc45)cc3)c2)cc1. The number of rotatable bonds is 7. The Morgan fingerprint density at radius 3 is 0.956 bits per heavy atom. The van der Waals surface area contributed by atoms with Gasteiger partial charge in [-0.25, -0.2) is 9.97 Å². The van der Waals surface area contributed by atoms with Crippen molar-refractivity contribution in [1.82, 2.24) is 27.9 Å². The van der Waals surface area contributed by atoms with Gasteiger partial charge in [0.15, 0.2) is 0 Å². The van der Waals surface area contributed by atoms with E-state index < -0.39 is 0 Å². The summed E-state index contributed by atoms with van der Waals surface area (Å²) in [5, 5.41) is 0. The molecule has 10 aromatic carbocycles. The van der Waals surface area contributed by atoms with Gasteiger partial charge in [0.1, 0.15) is 0 Å². The Hall–Kier alpha value is -9.26. The summed E-state index contributed by atoms with van der Waals surface area (Å²) in [6.07, 6.45) is 0. The van der Waals surface area contributed by atoms with Crippen molar-refractivity contribution < 1.29 is 0 Å².